The highest BCUT2D eigenvalue weighted by atomic mass is 16.7. The van der Waals surface area contributed by atoms with Gasteiger partial charge in [0.15, 0.2) is 18.5 Å². The standard InChI is InChI=1S/C47H68N6O11/c1-11-36-47(8)41-28(4)38(49-18-19-53(41)45(57)64-47)26(2)21-46(7)42(63-44-39(55)35(52(9)10)20-27(3)61-44)29(5)40(30(6)43(56)62-36)58-23-32(24-59-46)51-60-25-37(54)50-22-31-16-17-48-34-15-13-12-14-33(31)34/h12-17,26-30,35-36,39-42,44,55H,11,18-25H2,1-10H3,(H,50,54)/t26-,27+,28+,29-,30-,35-,36+,39+,40+,41-,42+,44-,46-,47-/m1/s1. The SMILES string of the molecule is CC[C@@H]1OC(=O)[C@H](C)[C@H]2OCC(=NOCC(=O)NCc3ccnc4ccccc34)CO[C@](C)(C[C@@H](C)C3=NCCN4C(=O)O[C@@]1(C)[C@H]4[C@H]3C)[C@@H](O[C@H]1O[C@@H](C)C[C@@H](N(C)C)[C@@H]1O)[C@@H]2C. The number of carbonyl (C=O) groups is 3. The second kappa shape index (κ2) is 19.7. The number of carbonyl (C=O) groups excluding carboxylic acids is 3. The number of fused-ring (bicyclic) bond motifs is 5. The molecule has 0 saturated carbocycles. The molecule has 64 heavy (non-hydrogen) atoms. The first kappa shape index (κ1) is 47.7. The minimum absolute atomic E-state index is 0.0759. The Morgan fingerprint density at radius 2 is 1.84 bits per heavy atom. The van der Waals surface area contributed by atoms with E-state index in [-0.39, 0.29) is 56.3 Å². The van der Waals surface area contributed by atoms with Crippen LogP contribution in [0.3, 0.4) is 0 Å². The van der Waals surface area contributed by atoms with Crippen LogP contribution in [0, 0.1) is 23.7 Å². The van der Waals surface area contributed by atoms with Crippen LogP contribution in [0.15, 0.2) is 46.7 Å². The van der Waals surface area contributed by atoms with Crippen molar-refractivity contribution in [3.05, 3.63) is 42.1 Å². The zero-order valence-electron chi connectivity index (χ0n) is 39.0. The van der Waals surface area contributed by atoms with Crippen molar-refractivity contribution in [1.29, 1.82) is 0 Å². The minimum Gasteiger partial charge on any atom is -0.458 e. The smallest absolute Gasteiger partial charge is 0.410 e. The van der Waals surface area contributed by atoms with Crippen molar-refractivity contribution in [2.24, 2.45) is 33.8 Å². The fourth-order valence-electron chi connectivity index (χ4n) is 11.0. The highest BCUT2D eigenvalue weighted by Gasteiger charge is 2.60. The van der Waals surface area contributed by atoms with Crippen molar-refractivity contribution in [3.8, 4) is 0 Å². The molecule has 14 atom stereocenters. The van der Waals surface area contributed by atoms with Gasteiger partial charge in [0.2, 0.25) is 0 Å². The molecule has 0 radical (unpaired) electrons. The molecule has 352 valence electrons. The van der Waals surface area contributed by atoms with Crippen LogP contribution in [0.25, 0.3) is 10.9 Å². The van der Waals surface area contributed by atoms with Crippen molar-refractivity contribution in [2.45, 2.75) is 141 Å². The lowest BCUT2D eigenvalue weighted by Crippen LogP contribution is -2.60. The number of oxime groups is 1. The first-order chi connectivity index (χ1) is 30.4. The van der Waals surface area contributed by atoms with E-state index in [1.165, 1.54) is 0 Å². The van der Waals surface area contributed by atoms with E-state index in [2.05, 4.69) is 29.3 Å². The first-order valence-corrected chi connectivity index (χ1v) is 22.9. The van der Waals surface area contributed by atoms with Gasteiger partial charge < -0.3 is 48.6 Å². The van der Waals surface area contributed by atoms with Crippen molar-refractivity contribution in [1.82, 2.24) is 20.1 Å². The molecule has 2 aromatic rings. The Morgan fingerprint density at radius 3 is 2.59 bits per heavy atom. The number of likely N-dealkylation sites (N-methyl/N-ethyl adjacent to an activating group) is 1. The van der Waals surface area contributed by atoms with Gasteiger partial charge in [-0.15, -0.1) is 0 Å². The number of amides is 2. The maximum Gasteiger partial charge on any atom is 0.410 e. The Bertz CT molecular complexity index is 2060. The average Bonchev–Trinajstić information content (AvgIpc) is 3.40. The number of para-hydroxylation sites is 1. The normalized spacial score (nSPS) is 38.0. The number of benzene rings is 1. The van der Waals surface area contributed by atoms with Crippen LogP contribution in [-0.4, -0.2) is 156 Å². The summed E-state index contributed by atoms with van der Waals surface area (Å²) in [5.41, 5.74) is 0.652. The maximum atomic E-state index is 14.6. The van der Waals surface area contributed by atoms with Gasteiger partial charge in [-0.25, -0.2) is 4.79 Å². The Morgan fingerprint density at radius 1 is 1.08 bits per heavy atom. The largest absolute Gasteiger partial charge is 0.458 e. The number of nitrogens with zero attached hydrogens (tertiary/aromatic N) is 5. The number of cyclic esters (lactones) is 1. The number of hydrogen-bond acceptors (Lipinski definition) is 15. The zero-order chi connectivity index (χ0) is 46.1. The lowest BCUT2D eigenvalue weighted by atomic mass is 9.72. The summed E-state index contributed by atoms with van der Waals surface area (Å²) in [4.78, 5) is 60.1. The maximum absolute atomic E-state index is 14.6. The summed E-state index contributed by atoms with van der Waals surface area (Å²) in [7, 11) is 3.84. The molecule has 5 aliphatic heterocycles. The van der Waals surface area contributed by atoms with Crippen molar-refractivity contribution in [2.75, 3.05) is 47.0 Å². The Labute approximate surface area is 376 Å². The van der Waals surface area contributed by atoms with Gasteiger partial charge in [0.05, 0.1) is 61.1 Å². The molecule has 4 bridgehead atoms. The topological polar surface area (TPSA) is 192 Å². The van der Waals surface area contributed by atoms with Crippen LogP contribution in [0.1, 0.15) is 80.2 Å². The van der Waals surface area contributed by atoms with Crippen LogP contribution in [0.4, 0.5) is 4.79 Å². The van der Waals surface area contributed by atoms with E-state index >= 15 is 0 Å². The van der Waals surface area contributed by atoms with E-state index in [4.69, 9.17) is 38.3 Å². The monoisotopic (exact) mass is 892 g/mol. The number of hydrogen-bond donors (Lipinski definition) is 2. The summed E-state index contributed by atoms with van der Waals surface area (Å²) < 4.78 is 39.7. The molecule has 0 unspecified atom stereocenters. The molecule has 0 aliphatic carbocycles. The molecule has 1 aromatic carbocycles. The van der Waals surface area contributed by atoms with Gasteiger partial charge >= 0.3 is 12.1 Å². The fraction of sp³-hybridized carbons (Fsp3) is 0.702. The molecule has 0 spiro atoms. The minimum atomic E-state index is -1.17. The summed E-state index contributed by atoms with van der Waals surface area (Å²) in [6.07, 6.45) is -2.11. The second-order valence-electron chi connectivity index (χ2n) is 19.1. The third-order valence-electron chi connectivity index (χ3n) is 14.2. The van der Waals surface area contributed by atoms with Gasteiger partial charge in [-0.2, -0.15) is 0 Å². The second-order valence-corrected chi connectivity index (χ2v) is 19.1. The van der Waals surface area contributed by atoms with Crippen molar-refractivity contribution < 1.29 is 52.7 Å². The molecule has 17 nitrogen and oxygen atoms in total. The molecule has 17 heteroatoms. The van der Waals surface area contributed by atoms with E-state index < -0.39 is 71.8 Å². The summed E-state index contributed by atoms with van der Waals surface area (Å²) in [5.74, 6) is -2.86. The predicted octanol–water partition coefficient (Wildman–Crippen LogP) is 4.51. The molecule has 4 fully saturated rings. The van der Waals surface area contributed by atoms with Crippen molar-refractivity contribution in [3.63, 3.8) is 0 Å². The molecule has 7 rings (SSSR count). The highest BCUT2D eigenvalue weighted by molar-refractivity contribution is 5.91. The molecule has 4 saturated heterocycles. The van der Waals surface area contributed by atoms with E-state index in [1.54, 1.807) is 18.0 Å². The lowest BCUT2D eigenvalue weighted by molar-refractivity contribution is -0.302. The fourth-order valence-corrected chi connectivity index (χ4v) is 11.0. The first-order valence-electron chi connectivity index (χ1n) is 22.9. The summed E-state index contributed by atoms with van der Waals surface area (Å²) in [5, 5.41) is 20.0. The molecular formula is C47H68N6O11. The molecule has 5 aliphatic rings. The number of aromatic nitrogens is 1. The van der Waals surface area contributed by atoms with Gasteiger partial charge in [0, 0.05) is 48.3 Å². The third kappa shape index (κ3) is 9.66. The third-order valence-corrected chi connectivity index (χ3v) is 14.2. The van der Waals surface area contributed by atoms with E-state index in [1.807, 2.05) is 83.9 Å². The number of pyridine rings is 1. The number of aliphatic hydroxyl groups is 1. The van der Waals surface area contributed by atoms with Gasteiger partial charge in [0.1, 0.15) is 17.9 Å². The quantitative estimate of drug-likeness (QED) is 0.264. The molecule has 2 N–H and O–H groups in total. The zero-order valence-corrected chi connectivity index (χ0v) is 39.0. The van der Waals surface area contributed by atoms with Gasteiger partial charge in [-0.05, 0) is 84.7 Å². The Kier molecular flexibility index (Phi) is 14.7. The average molecular weight is 893 g/mol. The number of aliphatic hydroxyl groups excluding tert-OH is 1. The van der Waals surface area contributed by atoms with Gasteiger partial charge in [-0.3, -0.25) is 24.5 Å². The van der Waals surface area contributed by atoms with Gasteiger partial charge in [0.25, 0.3) is 5.91 Å². The molecular weight excluding hydrogens is 825 g/mol. The van der Waals surface area contributed by atoms with Crippen molar-refractivity contribution >= 4 is 40.3 Å². The summed E-state index contributed by atoms with van der Waals surface area (Å²) in [6, 6.07) is 8.88. The molecule has 6 heterocycles. The summed E-state index contributed by atoms with van der Waals surface area (Å²) >= 11 is 0. The number of esters is 1. The summed E-state index contributed by atoms with van der Waals surface area (Å²) in [6.45, 7) is 16.0. The van der Waals surface area contributed by atoms with E-state index in [9.17, 15) is 19.5 Å². The number of aliphatic imine (C=N–C) groups is 1. The van der Waals surface area contributed by atoms with E-state index in [0.717, 1.165) is 22.2 Å². The van der Waals surface area contributed by atoms with Crippen LogP contribution in [-0.2, 0) is 49.4 Å². The van der Waals surface area contributed by atoms with Crippen LogP contribution in [0.2, 0.25) is 0 Å². The Balaban J connectivity index is 1.23. The van der Waals surface area contributed by atoms with Crippen LogP contribution >= 0.6 is 0 Å². The Hall–Kier alpha value is -4.26. The number of ether oxygens (including phenoxy) is 6. The van der Waals surface area contributed by atoms with E-state index in [0.29, 0.717) is 38.1 Å². The molecule has 1 aromatic heterocycles. The van der Waals surface area contributed by atoms with Gasteiger partial charge in [-0.1, -0.05) is 51.0 Å². The number of rotatable bonds is 9. The highest BCUT2D eigenvalue weighted by Crippen LogP contribution is 2.45. The van der Waals surface area contributed by atoms with Crippen LogP contribution < -0.4 is 5.32 Å². The van der Waals surface area contributed by atoms with Crippen LogP contribution in [0.5, 0.6) is 0 Å². The number of nitrogens with one attached hydrogen (secondary N) is 1. The lowest BCUT2D eigenvalue weighted by Gasteiger charge is -2.48. The predicted molar refractivity (Wildman–Crippen MR) is 238 cm³/mol. The molecule has 2 amide bonds.